The largest absolute Gasteiger partial charge is 0.416 e. The SMILES string of the molecule is O=C1c2cc3ccccc3cc2C(=O)N1c1cccc(C(F)(F)F)c1. The zero-order chi connectivity index (χ0) is 17.8. The van der Waals surface area contributed by atoms with E-state index in [1.807, 2.05) is 0 Å². The van der Waals surface area contributed by atoms with Crippen LogP contribution in [0.4, 0.5) is 18.9 Å². The molecule has 0 aliphatic carbocycles. The number of fused-ring (bicyclic) bond motifs is 2. The molecule has 3 aromatic rings. The molecule has 4 rings (SSSR count). The van der Waals surface area contributed by atoms with Crippen LogP contribution < -0.4 is 4.90 Å². The molecule has 0 aromatic heterocycles. The Morgan fingerprint density at radius 1 is 0.720 bits per heavy atom. The fourth-order valence-corrected chi connectivity index (χ4v) is 2.98. The van der Waals surface area contributed by atoms with E-state index in [9.17, 15) is 22.8 Å². The molecule has 1 heterocycles. The predicted octanol–water partition coefficient (Wildman–Crippen LogP) is 4.66. The minimum atomic E-state index is -4.55. The highest BCUT2D eigenvalue weighted by atomic mass is 19.4. The minimum Gasteiger partial charge on any atom is -0.268 e. The van der Waals surface area contributed by atoms with Crippen molar-refractivity contribution < 1.29 is 22.8 Å². The number of carbonyl (C=O) groups excluding carboxylic acids is 2. The Hall–Kier alpha value is -3.15. The summed E-state index contributed by atoms with van der Waals surface area (Å²) in [5.74, 6) is -1.24. The van der Waals surface area contributed by atoms with E-state index in [0.29, 0.717) is 0 Å². The van der Waals surface area contributed by atoms with Crippen LogP contribution in [0, 0.1) is 0 Å². The van der Waals surface area contributed by atoms with Crippen molar-refractivity contribution >= 4 is 28.3 Å². The highest BCUT2D eigenvalue weighted by molar-refractivity contribution is 6.35. The Morgan fingerprint density at radius 3 is 1.80 bits per heavy atom. The summed E-state index contributed by atoms with van der Waals surface area (Å²) in [7, 11) is 0. The molecule has 3 nitrogen and oxygen atoms in total. The van der Waals surface area contributed by atoms with Crippen molar-refractivity contribution in [2.24, 2.45) is 0 Å². The maximum absolute atomic E-state index is 12.9. The molecule has 1 aliphatic rings. The molecular weight excluding hydrogens is 331 g/mol. The van der Waals surface area contributed by atoms with Gasteiger partial charge in [-0.2, -0.15) is 13.2 Å². The van der Waals surface area contributed by atoms with Gasteiger partial charge in [0.2, 0.25) is 0 Å². The standard InChI is InChI=1S/C19H10F3NO2/c20-19(21,22)13-6-3-7-14(10-13)23-17(24)15-8-11-4-1-2-5-12(11)9-16(15)18(23)25/h1-10H. The molecule has 0 fully saturated rings. The van der Waals surface area contributed by atoms with Gasteiger partial charge in [-0.1, -0.05) is 30.3 Å². The summed E-state index contributed by atoms with van der Waals surface area (Å²) >= 11 is 0. The first-order chi connectivity index (χ1) is 11.9. The Balaban J connectivity index is 1.84. The Morgan fingerprint density at radius 2 is 1.28 bits per heavy atom. The molecule has 0 atom stereocenters. The van der Waals surface area contributed by atoms with Crippen molar-refractivity contribution in [1.29, 1.82) is 0 Å². The lowest BCUT2D eigenvalue weighted by atomic mass is 10.0. The maximum Gasteiger partial charge on any atom is 0.416 e. The van der Waals surface area contributed by atoms with E-state index in [0.717, 1.165) is 27.8 Å². The fourth-order valence-electron chi connectivity index (χ4n) is 2.98. The van der Waals surface area contributed by atoms with Crippen molar-refractivity contribution in [2.75, 3.05) is 4.90 Å². The third-order valence-corrected chi connectivity index (χ3v) is 4.18. The first kappa shape index (κ1) is 15.4. The van der Waals surface area contributed by atoms with Gasteiger partial charge in [0.15, 0.2) is 0 Å². The average molecular weight is 341 g/mol. The van der Waals surface area contributed by atoms with Gasteiger partial charge in [0.1, 0.15) is 0 Å². The maximum atomic E-state index is 12.9. The third-order valence-electron chi connectivity index (χ3n) is 4.18. The number of benzene rings is 3. The van der Waals surface area contributed by atoms with E-state index in [2.05, 4.69) is 0 Å². The number of amides is 2. The van der Waals surface area contributed by atoms with E-state index < -0.39 is 23.6 Å². The van der Waals surface area contributed by atoms with Gasteiger partial charge in [0, 0.05) is 0 Å². The summed E-state index contributed by atoms with van der Waals surface area (Å²) in [4.78, 5) is 26.1. The molecule has 25 heavy (non-hydrogen) atoms. The number of carbonyl (C=O) groups is 2. The molecule has 0 saturated heterocycles. The second-order valence-corrected chi connectivity index (χ2v) is 5.74. The molecule has 0 saturated carbocycles. The number of rotatable bonds is 1. The van der Waals surface area contributed by atoms with Crippen LogP contribution in [-0.4, -0.2) is 11.8 Å². The first-order valence-electron chi connectivity index (χ1n) is 7.45. The van der Waals surface area contributed by atoms with Gasteiger partial charge >= 0.3 is 6.18 Å². The Bertz CT molecular complexity index is 986. The van der Waals surface area contributed by atoms with Gasteiger partial charge in [-0.05, 0) is 41.1 Å². The van der Waals surface area contributed by atoms with Crippen molar-refractivity contribution in [3.63, 3.8) is 0 Å². The minimum absolute atomic E-state index is 0.0925. The molecule has 0 spiro atoms. The fraction of sp³-hybridized carbons (Fsp3) is 0.0526. The van der Waals surface area contributed by atoms with Crippen LogP contribution >= 0.6 is 0 Å². The Labute approximate surface area is 140 Å². The average Bonchev–Trinajstić information content (AvgIpc) is 2.83. The molecule has 0 radical (unpaired) electrons. The molecule has 2 amide bonds. The zero-order valence-electron chi connectivity index (χ0n) is 12.7. The van der Waals surface area contributed by atoms with Crippen LogP contribution in [0.15, 0.2) is 60.7 Å². The van der Waals surface area contributed by atoms with Gasteiger partial charge in [-0.25, -0.2) is 4.90 Å². The predicted molar refractivity (Wildman–Crippen MR) is 86.5 cm³/mol. The summed E-state index contributed by atoms with van der Waals surface area (Å²) in [6.07, 6.45) is -4.55. The normalized spacial score (nSPS) is 14.3. The molecule has 6 heteroatoms. The molecule has 0 bridgehead atoms. The van der Waals surface area contributed by atoms with E-state index >= 15 is 0 Å². The van der Waals surface area contributed by atoms with Crippen LogP contribution in [0.25, 0.3) is 10.8 Å². The topological polar surface area (TPSA) is 37.4 Å². The summed E-state index contributed by atoms with van der Waals surface area (Å²) in [6, 6.07) is 14.6. The molecule has 0 unspecified atom stereocenters. The summed E-state index contributed by atoms with van der Waals surface area (Å²) in [5.41, 5.74) is -0.612. The summed E-state index contributed by atoms with van der Waals surface area (Å²) in [6.45, 7) is 0. The highest BCUT2D eigenvalue weighted by Crippen LogP contribution is 2.35. The van der Waals surface area contributed by atoms with Gasteiger partial charge < -0.3 is 0 Å². The van der Waals surface area contributed by atoms with Gasteiger partial charge in [0.05, 0.1) is 22.4 Å². The lowest BCUT2D eigenvalue weighted by molar-refractivity contribution is -0.137. The number of alkyl halides is 3. The molecule has 1 aliphatic heterocycles. The van der Waals surface area contributed by atoms with Crippen molar-refractivity contribution in [2.45, 2.75) is 6.18 Å². The van der Waals surface area contributed by atoms with Gasteiger partial charge in [-0.3, -0.25) is 9.59 Å². The van der Waals surface area contributed by atoms with E-state index in [-0.39, 0.29) is 16.8 Å². The quantitative estimate of drug-likeness (QED) is 0.604. The molecule has 0 N–H and O–H groups in total. The number of hydrogen-bond donors (Lipinski definition) is 0. The lowest BCUT2D eigenvalue weighted by Gasteiger charge is -2.15. The zero-order valence-corrected chi connectivity index (χ0v) is 12.7. The number of anilines is 1. The van der Waals surface area contributed by atoms with Crippen LogP contribution in [-0.2, 0) is 6.18 Å². The summed E-state index contributed by atoms with van der Waals surface area (Å²) < 4.78 is 38.7. The van der Waals surface area contributed by atoms with Crippen LogP contribution in [0.2, 0.25) is 0 Å². The second kappa shape index (κ2) is 5.17. The number of nitrogens with zero attached hydrogens (tertiary/aromatic N) is 1. The Kier molecular flexibility index (Phi) is 3.18. The third kappa shape index (κ3) is 2.38. The number of hydrogen-bond acceptors (Lipinski definition) is 2. The second-order valence-electron chi connectivity index (χ2n) is 5.74. The first-order valence-corrected chi connectivity index (χ1v) is 7.45. The van der Waals surface area contributed by atoms with E-state index in [4.69, 9.17) is 0 Å². The summed E-state index contributed by atoms with van der Waals surface area (Å²) in [5, 5.41) is 1.57. The molecule has 3 aromatic carbocycles. The molecule has 124 valence electrons. The number of halogens is 3. The van der Waals surface area contributed by atoms with Gasteiger partial charge in [0.25, 0.3) is 11.8 Å². The van der Waals surface area contributed by atoms with E-state index in [1.54, 1.807) is 36.4 Å². The smallest absolute Gasteiger partial charge is 0.268 e. The van der Waals surface area contributed by atoms with Gasteiger partial charge in [-0.15, -0.1) is 0 Å². The van der Waals surface area contributed by atoms with Crippen LogP contribution in [0.5, 0.6) is 0 Å². The lowest BCUT2D eigenvalue weighted by Crippen LogP contribution is -2.29. The van der Waals surface area contributed by atoms with Crippen molar-refractivity contribution in [1.82, 2.24) is 0 Å². The monoisotopic (exact) mass is 341 g/mol. The van der Waals surface area contributed by atoms with Crippen molar-refractivity contribution in [3.8, 4) is 0 Å². The van der Waals surface area contributed by atoms with Crippen LogP contribution in [0.3, 0.4) is 0 Å². The van der Waals surface area contributed by atoms with Crippen molar-refractivity contribution in [3.05, 3.63) is 77.4 Å². The highest BCUT2D eigenvalue weighted by Gasteiger charge is 2.38. The number of imide groups is 1. The molecular formula is C19H10F3NO2. The van der Waals surface area contributed by atoms with E-state index in [1.165, 1.54) is 12.1 Å². The van der Waals surface area contributed by atoms with Crippen LogP contribution in [0.1, 0.15) is 26.3 Å².